The maximum Gasteiger partial charge on any atom is 0.186 e. The topological polar surface area (TPSA) is 43.4 Å². The summed E-state index contributed by atoms with van der Waals surface area (Å²) in [5.74, 6) is 0.277. The Bertz CT molecular complexity index is 988. The molecule has 156 valence electrons. The molecule has 0 amide bonds. The van der Waals surface area contributed by atoms with Crippen molar-refractivity contribution in [2.24, 2.45) is 0 Å². The Balaban J connectivity index is 1.77. The van der Waals surface area contributed by atoms with Crippen molar-refractivity contribution >= 4 is 40.3 Å². The number of halogens is 2. The lowest BCUT2D eigenvalue weighted by molar-refractivity contribution is -0.113. The molecule has 30 heavy (non-hydrogen) atoms. The van der Waals surface area contributed by atoms with Gasteiger partial charge in [-0.05, 0) is 54.5 Å². The first-order valence-electron chi connectivity index (χ1n) is 10.2. The van der Waals surface area contributed by atoms with Crippen molar-refractivity contribution in [3.05, 3.63) is 70.2 Å². The van der Waals surface area contributed by atoms with Crippen molar-refractivity contribution in [3.63, 3.8) is 0 Å². The van der Waals surface area contributed by atoms with Gasteiger partial charge in [-0.1, -0.05) is 67.9 Å². The van der Waals surface area contributed by atoms with E-state index in [-0.39, 0.29) is 17.1 Å². The molecule has 0 radical (unpaired) electrons. The number of hydrogen-bond donors (Lipinski definition) is 0. The molecule has 3 rings (SSSR count). The Kier molecular flexibility index (Phi) is 7.89. The number of rotatable bonds is 9. The summed E-state index contributed by atoms with van der Waals surface area (Å²) in [5, 5.41) is 0.819. The molecule has 0 unspecified atom stereocenters. The Morgan fingerprint density at radius 2 is 1.57 bits per heavy atom. The van der Waals surface area contributed by atoms with Crippen LogP contribution in [-0.4, -0.2) is 18.2 Å². The molecule has 0 spiro atoms. The van der Waals surface area contributed by atoms with E-state index in [1.165, 1.54) is 43.9 Å². The Labute approximate surface area is 187 Å². The minimum Gasteiger partial charge on any atom is -0.494 e. The molecule has 2 aromatic rings. The first-order valence-corrected chi connectivity index (χ1v) is 11.0. The number of benzene rings is 2. The predicted molar refractivity (Wildman–Crippen MR) is 123 cm³/mol. The van der Waals surface area contributed by atoms with Gasteiger partial charge in [-0.3, -0.25) is 9.59 Å². The summed E-state index contributed by atoms with van der Waals surface area (Å²) >= 11 is 12.9. The fraction of sp³-hybridized carbons (Fsp3) is 0.280. The number of ether oxygens (including phenoxy) is 1. The molecule has 0 aliphatic heterocycles. The van der Waals surface area contributed by atoms with E-state index in [1.807, 2.05) is 24.3 Å². The second-order valence-corrected chi connectivity index (χ2v) is 8.07. The van der Waals surface area contributed by atoms with Crippen molar-refractivity contribution in [2.45, 2.75) is 39.0 Å². The maximum atomic E-state index is 12.3. The quantitative estimate of drug-likeness (QED) is 0.307. The van der Waals surface area contributed by atoms with Gasteiger partial charge in [0.05, 0.1) is 11.6 Å². The molecule has 0 heterocycles. The minimum atomic E-state index is -0.271. The van der Waals surface area contributed by atoms with Gasteiger partial charge in [0.15, 0.2) is 11.6 Å². The van der Waals surface area contributed by atoms with Gasteiger partial charge in [0.1, 0.15) is 5.75 Å². The van der Waals surface area contributed by atoms with Crippen LogP contribution in [0.25, 0.3) is 16.7 Å². The highest BCUT2D eigenvalue weighted by Crippen LogP contribution is 2.38. The highest BCUT2D eigenvalue weighted by molar-refractivity contribution is 6.41. The molecule has 0 N–H and O–H groups in total. The lowest BCUT2D eigenvalue weighted by Gasteiger charge is -2.14. The van der Waals surface area contributed by atoms with E-state index < -0.39 is 0 Å². The van der Waals surface area contributed by atoms with Crippen LogP contribution >= 0.6 is 23.2 Å². The van der Waals surface area contributed by atoms with E-state index >= 15 is 0 Å². The summed E-state index contributed by atoms with van der Waals surface area (Å²) in [4.78, 5) is 24.0. The lowest BCUT2D eigenvalue weighted by Crippen LogP contribution is -2.07. The number of hydrogen-bond acceptors (Lipinski definition) is 3. The van der Waals surface area contributed by atoms with E-state index in [2.05, 4.69) is 6.92 Å². The van der Waals surface area contributed by atoms with Gasteiger partial charge in [-0.15, -0.1) is 0 Å². The van der Waals surface area contributed by atoms with Crippen molar-refractivity contribution in [1.29, 1.82) is 0 Å². The smallest absolute Gasteiger partial charge is 0.186 e. The standard InChI is InChI=1S/C25H24Cl2O3/c1-2-3-4-5-6-13-30-20-10-7-17(8-11-20)21-14-18(26)15-23(25(21)27)22-16-19(28)9-12-24(22)29/h7-12,14-16H,2-6,13H2,1H3. The van der Waals surface area contributed by atoms with Crippen molar-refractivity contribution in [2.75, 3.05) is 6.61 Å². The van der Waals surface area contributed by atoms with E-state index in [4.69, 9.17) is 27.9 Å². The number of unbranched alkanes of at least 4 members (excludes halogenated alkanes) is 4. The van der Waals surface area contributed by atoms with Crippen LogP contribution in [0, 0.1) is 0 Å². The Morgan fingerprint density at radius 1 is 0.867 bits per heavy atom. The SMILES string of the molecule is CCCCCCCOc1ccc(-c2cc(Cl)cc(C3=CC(=O)C=CC3=O)c2Cl)cc1. The molecular weight excluding hydrogens is 419 g/mol. The molecule has 0 saturated carbocycles. The van der Waals surface area contributed by atoms with Crippen LogP contribution in [0.15, 0.2) is 54.6 Å². The third kappa shape index (κ3) is 5.62. The number of carbonyl (C=O) groups excluding carboxylic acids is 2. The molecule has 3 nitrogen and oxygen atoms in total. The molecule has 5 heteroatoms. The second kappa shape index (κ2) is 10.6. The van der Waals surface area contributed by atoms with Crippen LogP contribution in [0.1, 0.15) is 44.6 Å². The average Bonchev–Trinajstić information content (AvgIpc) is 2.74. The van der Waals surface area contributed by atoms with Gasteiger partial charge in [-0.25, -0.2) is 0 Å². The highest BCUT2D eigenvalue weighted by atomic mass is 35.5. The van der Waals surface area contributed by atoms with Crippen LogP contribution in [-0.2, 0) is 9.59 Å². The summed E-state index contributed by atoms with van der Waals surface area (Å²) in [5.41, 5.74) is 2.25. The zero-order chi connectivity index (χ0) is 21.5. The van der Waals surface area contributed by atoms with Crippen molar-refractivity contribution < 1.29 is 14.3 Å². The zero-order valence-electron chi connectivity index (χ0n) is 16.9. The summed E-state index contributed by atoms with van der Waals surface area (Å²) in [6, 6.07) is 11.0. The van der Waals surface area contributed by atoms with E-state index in [0.717, 1.165) is 17.7 Å². The molecule has 2 aromatic carbocycles. The van der Waals surface area contributed by atoms with Crippen molar-refractivity contribution in [3.8, 4) is 16.9 Å². The molecule has 1 aliphatic carbocycles. The van der Waals surface area contributed by atoms with Crippen LogP contribution < -0.4 is 4.74 Å². The Hall–Kier alpha value is -2.36. The summed E-state index contributed by atoms with van der Waals surface area (Å²) < 4.78 is 5.82. The lowest BCUT2D eigenvalue weighted by atomic mass is 9.93. The summed E-state index contributed by atoms with van der Waals surface area (Å²) in [6.45, 7) is 2.90. The predicted octanol–water partition coefficient (Wildman–Crippen LogP) is 7.10. The molecule has 0 bridgehead atoms. The summed E-state index contributed by atoms with van der Waals surface area (Å²) in [7, 11) is 0. The zero-order valence-corrected chi connectivity index (χ0v) is 18.4. The molecule has 0 fully saturated rings. The molecule has 0 aromatic heterocycles. The van der Waals surface area contributed by atoms with Gasteiger partial charge < -0.3 is 4.74 Å². The summed E-state index contributed by atoms with van der Waals surface area (Å²) in [6.07, 6.45) is 9.76. The largest absolute Gasteiger partial charge is 0.494 e. The van der Waals surface area contributed by atoms with Crippen LogP contribution in [0.4, 0.5) is 0 Å². The fourth-order valence-electron chi connectivity index (χ4n) is 3.34. The normalized spacial score (nSPS) is 13.5. The molecular formula is C25H24Cl2O3. The van der Waals surface area contributed by atoms with E-state index in [9.17, 15) is 9.59 Å². The maximum absolute atomic E-state index is 12.3. The highest BCUT2D eigenvalue weighted by Gasteiger charge is 2.20. The van der Waals surface area contributed by atoms with Gasteiger partial charge in [0, 0.05) is 21.7 Å². The molecule has 1 aliphatic rings. The first kappa shape index (κ1) is 22.3. The molecule has 0 atom stereocenters. The van der Waals surface area contributed by atoms with Gasteiger partial charge in [0.25, 0.3) is 0 Å². The van der Waals surface area contributed by atoms with Gasteiger partial charge in [0.2, 0.25) is 0 Å². The minimum absolute atomic E-state index is 0.249. The average molecular weight is 443 g/mol. The van der Waals surface area contributed by atoms with E-state index in [0.29, 0.717) is 27.8 Å². The van der Waals surface area contributed by atoms with Crippen molar-refractivity contribution in [1.82, 2.24) is 0 Å². The third-order valence-corrected chi connectivity index (χ3v) is 5.59. The number of allylic oxidation sites excluding steroid dienone is 4. The van der Waals surface area contributed by atoms with Gasteiger partial charge in [-0.2, -0.15) is 0 Å². The monoisotopic (exact) mass is 442 g/mol. The van der Waals surface area contributed by atoms with Crippen LogP contribution in [0.5, 0.6) is 5.75 Å². The van der Waals surface area contributed by atoms with Gasteiger partial charge >= 0.3 is 0 Å². The second-order valence-electron chi connectivity index (χ2n) is 7.26. The number of carbonyl (C=O) groups is 2. The van der Waals surface area contributed by atoms with Crippen LogP contribution in [0.2, 0.25) is 10.0 Å². The molecule has 0 saturated heterocycles. The fourth-order valence-corrected chi connectivity index (χ4v) is 3.88. The Morgan fingerprint density at radius 3 is 2.30 bits per heavy atom. The first-order chi connectivity index (χ1) is 14.5. The van der Waals surface area contributed by atoms with E-state index in [1.54, 1.807) is 12.1 Å². The third-order valence-electron chi connectivity index (χ3n) is 4.96. The number of ketones is 2. The van der Waals surface area contributed by atoms with Crippen LogP contribution in [0.3, 0.4) is 0 Å².